The van der Waals surface area contributed by atoms with Crippen LogP contribution in [0.2, 0.25) is 0 Å². The van der Waals surface area contributed by atoms with Gasteiger partial charge in [0.15, 0.2) is 0 Å². The van der Waals surface area contributed by atoms with Crippen molar-refractivity contribution < 1.29 is 13.2 Å². The molecule has 124 valence electrons. The maximum absolute atomic E-state index is 12.3. The molecule has 2 rings (SSSR count). The minimum Gasteiger partial charge on any atom is -0.301 e. The second kappa shape index (κ2) is 7.16. The van der Waals surface area contributed by atoms with Crippen LogP contribution in [0.4, 0.5) is 5.13 Å². The van der Waals surface area contributed by atoms with Crippen LogP contribution in [0.1, 0.15) is 37.4 Å². The van der Waals surface area contributed by atoms with E-state index in [4.69, 9.17) is 0 Å². The summed E-state index contributed by atoms with van der Waals surface area (Å²) in [5.41, 5.74) is 1.95. The van der Waals surface area contributed by atoms with Gasteiger partial charge in [0.05, 0.1) is 0 Å². The zero-order valence-corrected chi connectivity index (χ0v) is 14.7. The van der Waals surface area contributed by atoms with E-state index in [0.717, 1.165) is 22.5 Å². The number of anilines is 1. The maximum atomic E-state index is 12.3. The van der Waals surface area contributed by atoms with Gasteiger partial charge < -0.3 is 5.32 Å². The highest BCUT2D eigenvalue weighted by Gasteiger charge is 2.23. The van der Waals surface area contributed by atoms with E-state index in [9.17, 15) is 13.2 Å². The molecule has 2 aromatic rings. The molecule has 0 bridgehead atoms. The molecule has 7 nitrogen and oxygen atoms in total. The summed E-state index contributed by atoms with van der Waals surface area (Å²) in [6, 6.07) is 7.18. The van der Waals surface area contributed by atoms with Crippen molar-refractivity contribution in [1.29, 1.82) is 0 Å². The molecule has 2 N–H and O–H groups in total. The Kier molecular flexibility index (Phi) is 5.45. The van der Waals surface area contributed by atoms with Gasteiger partial charge in [-0.3, -0.25) is 4.79 Å². The van der Waals surface area contributed by atoms with Crippen molar-refractivity contribution in [1.82, 2.24) is 14.9 Å². The lowest BCUT2D eigenvalue weighted by Gasteiger charge is -2.13. The first kappa shape index (κ1) is 17.5. The van der Waals surface area contributed by atoms with Gasteiger partial charge in [0.1, 0.15) is 0 Å². The monoisotopic (exact) mass is 354 g/mol. The molecule has 1 unspecified atom stereocenters. The third-order valence-electron chi connectivity index (χ3n) is 3.11. The molecule has 0 aliphatic carbocycles. The third-order valence-corrected chi connectivity index (χ3v) is 5.86. The molecule has 1 aromatic heterocycles. The van der Waals surface area contributed by atoms with Gasteiger partial charge in [-0.2, -0.15) is 0 Å². The Labute approximate surface area is 139 Å². The van der Waals surface area contributed by atoms with Crippen LogP contribution < -0.4 is 10.0 Å². The van der Waals surface area contributed by atoms with Crippen molar-refractivity contribution in [2.45, 2.75) is 37.6 Å². The van der Waals surface area contributed by atoms with E-state index < -0.39 is 16.1 Å². The van der Waals surface area contributed by atoms with E-state index in [0.29, 0.717) is 0 Å². The van der Waals surface area contributed by atoms with E-state index in [-0.39, 0.29) is 21.8 Å². The predicted octanol–water partition coefficient (Wildman–Crippen LogP) is 2.23. The molecule has 0 spiro atoms. The molecule has 0 aliphatic rings. The summed E-state index contributed by atoms with van der Waals surface area (Å²) in [7, 11) is -3.80. The number of sulfonamides is 1. The molecule has 1 heterocycles. The topological polar surface area (TPSA) is 101 Å². The second-order valence-corrected chi connectivity index (χ2v) is 7.89. The Morgan fingerprint density at radius 1 is 1.26 bits per heavy atom. The Balaban J connectivity index is 2.12. The summed E-state index contributed by atoms with van der Waals surface area (Å²) >= 11 is 0.819. The van der Waals surface area contributed by atoms with Gasteiger partial charge in [-0.05, 0) is 19.4 Å². The highest BCUT2D eigenvalue weighted by atomic mass is 32.2. The fourth-order valence-electron chi connectivity index (χ4n) is 1.78. The molecule has 23 heavy (non-hydrogen) atoms. The molecular formula is C14H18N4O3S2. The number of benzene rings is 1. The minimum atomic E-state index is -3.80. The molecular weight excluding hydrogens is 336 g/mol. The third kappa shape index (κ3) is 4.57. The number of hydrogen-bond donors (Lipinski definition) is 2. The number of rotatable bonds is 6. The summed E-state index contributed by atoms with van der Waals surface area (Å²) in [4.78, 5) is 11.3. The summed E-state index contributed by atoms with van der Waals surface area (Å²) in [5.74, 6) is -0.244. The highest BCUT2D eigenvalue weighted by molar-refractivity contribution is 7.91. The average Bonchev–Trinajstić information content (AvgIpc) is 2.96. The smallest absolute Gasteiger partial charge is 0.270 e. The number of amides is 1. The van der Waals surface area contributed by atoms with Gasteiger partial charge in [0.25, 0.3) is 10.0 Å². The number of nitrogens with one attached hydrogen (secondary N) is 2. The van der Waals surface area contributed by atoms with E-state index in [1.165, 1.54) is 0 Å². The first-order valence-corrected chi connectivity index (χ1v) is 9.34. The number of carbonyl (C=O) groups excluding carboxylic acids is 1. The van der Waals surface area contributed by atoms with Crippen molar-refractivity contribution in [3.05, 3.63) is 35.4 Å². The fraction of sp³-hybridized carbons (Fsp3) is 0.357. The molecule has 1 aromatic carbocycles. The Hall–Kier alpha value is -1.84. The highest BCUT2D eigenvalue weighted by Crippen LogP contribution is 2.22. The largest absolute Gasteiger partial charge is 0.301 e. The molecule has 0 fully saturated rings. The number of carbonyl (C=O) groups is 1. The van der Waals surface area contributed by atoms with Gasteiger partial charge >= 0.3 is 0 Å². The van der Waals surface area contributed by atoms with E-state index >= 15 is 0 Å². The lowest BCUT2D eigenvalue weighted by Crippen LogP contribution is -2.26. The first-order chi connectivity index (χ1) is 10.8. The van der Waals surface area contributed by atoms with E-state index in [2.05, 4.69) is 20.2 Å². The van der Waals surface area contributed by atoms with Crippen LogP contribution in [0.15, 0.2) is 28.6 Å². The summed E-state index contributed by atoms with van der Waals surface area (Å²) < 4.78 is 27.0. The van der Waals surface area contributed by atoms with Gasteiger partial charge in [-0.1, -0.05) is 48.1 Å². The lowest BCUT2D eigenvalue weighted by atomic mass is 10.1. The summed E-state index contributed by atoms with van der Waals surface area (Å²) in [6.45, 7) is 5.41. The molecule has 0 saturated heterocycles. The molecule has 9 heteroatoms. The second-order valence-electron chi connectivity index (χ2n) is 5.03. The lowest BCUT2D eigenvalue weighted by molar-refractivity contribution is -0.115. The van der Waals surface area contributed by atoms with Crippen LogP contribution in [-0.4, -0.2) is 24.5 Å². The molecule has 1 amide bonds. The zero-order chi connectivity index (χ0) is 17.0. The SMILES string of the molecule is CCC(=O)Nc1nnc(S(=O)(=O)NC(C)c2ccc(C)cc2)s1. The molecule has 0 saturated carbocycles. The van der Waals surface area contributed by atoms with Gasteiger partial charge in [0, 0.05) is 12.5 Å². The molecule has 0 radical (unpaired) electrons. The molecule has 0 aliphatic heterocycles. The predicted molar refractivity (Wildman–Crippen MR) is 88.7 cm³/mol. The summed E-state index contributed by atoms with van der Waals surface area (Å²) in [5, 5.41) is 9.97. The van der Waals surface area contributed by atoms with Crippen LogP contribution in [0.3, 0.4) is 0 Å². The normalized spacial score (nSPS) is 12.8. The number of aromatic nitrogens is 2. The van der Waals surface area contributed by atoms with Crippen molar-refractivity contribution in [3.63, 3.8) is 0 Å². The van der Waals surface area contributed by atoms with E-state index in [1.807, 2.05) is 31.2 Å². The van der Waals surface area contributed by atoms with Crippen LogP contribution in [0.5, 0.6) is 0 Å². The number of nitrogens with zero attached hydrogens (tertiary/aromatic N) is 2. The van der Waals surface area contributed by atoms with Gasteiger partial charge in [0.2, 0.25) is 15.4 Å². The zero-order valence-electron chi connectivity index (χ0n) is 13.0. The van der Waals surface area contributed by atoms with Gasteiger partial charge in [-0.15, -0.1) is 10.2 Å². The van der Waals surface area contributed by atoms with Crippen molar-refractivity contribution in [2.75, 3.05) is 5.32 Å². The fourth-order valence-corrected chi connectivity index (χ4v) is 3.95. The van der Waals surface area contributed by atoms with Crippen LogP contribution >= 0.6 is 11.3 Å². The Bertz CT molecular complexity index is 785. The van der Waals surface area contributed by atoms with Crippen LogP contribution in [0, 0.1) is 6.92 Å². The number of aryl methyl sites for hydroxylation is 1. The van der Waals surface area contributed by atoms with E-state index in [1.54, 1.807) is 13.8 Å². The van der Waals surface area contributed by atoms with Crippen molar-refractivity contribution in [3.8, 4) is 0 Å². The Morgan fingerprint density at radius 3 is 2.52 bits per heavy atom. The van der Waals surface area contributed by atoms with Gasteiger partial charge in [-0.25, -0.2) is 13.1 Å². The van der Waals surface area contributed by atoms with Crippen LogP contribution in [-0.2, 0) is 14.8 Å². The first-order valence-electron chi connectivity index (χ1n) is 7.04. The maximum Gasteiger partial charge on any atom is 0.270 e. The average molecular weight is 354 g/mol. The summed E-state index contributed by atoms with van der Waals surface area (Å²) in [6.07, 6.45) is 0.282. The minimum absolute atomic E-state index is 0.167. The standard InChI is InChI=1S/C14H18N4O3S2/c1-4-12(19)15-13-16-17-14(22-13)23(20,21)18-10(3)11-7-5-9(2)6-8-11/h5-8,10,18H,4H2,1-3H3,(H,15,16,19). The quantitative estimate of drug-likeness (QED) is 0.775. The Morgan fingerprint density at radius 2 is 1.91 bits per heavy atom. The molecule has 1 atom stereocenters. The van der Waals surface area contributed by atoms with Crippen molar-refractivity contribution in [2.24, 2.45) is 0 Å². The number of hydrogen-bond acceptors (Lipinski definition) is 6. The van der Waals surface area contributed by atoms with Crippen LogP contribution in [0.25, 0.3) is 0 Å². The van der Waals surface area contributed by atoms with Crippen molar-refractivity contribution >= 4 is 32.4 Å².